The van der Waals surface area contributed by atoms with Crippen LogP contribution in [-0.4, -0.2) is 340 Å². The Morgan fingerprint density at radius 3 is 1.75 bits per heavy atom. The predicted molar refractivity (Wildman–Crippen MR) is 318 cm³/mol. The Balaban J connectivity index is 1.29. The van der Waals surface area contributed by atoms with Crippen LogP contribution in [0.4, 0.5) is 0 Å². The van der Waals surface area contributed by atoms with Crippen LogP contribution in [0.25, 0.3) is 0 Å². The lowest BCUT2D eigenvalue weighted by molar-refractivity contribution is -0.382. The zero-order valence-corrected chi connectivity index (χ0v) is 54.1. The Morgan fingerprint density at radius 2 is 1.20 bits per heavy atom. The highest BCUT2D eigenvalue weighted by Crippen LogP contribution is 2.39. The van der Waals surface area contributed by atoms with Crippen LogP contribution in [0.15, 0.2) is 0 Å². The number of carboxylic acid groups (broad SMARTS) is 1. The molecule has 20 N–H and O–H groups in total. The molecule has 40 nitrogen and oxygen atoms in total. The van der Waals surface area contributed by atoms with Crippen molar-refractivity contribution < 1.29 is 142 Å². The van der Waals surface area contributed by atoms with Gasteiger partial charge >= 0.3 is 5.97 Å². The first-order chi connectivity index (χ1) is 45.6. The average molecular weight is 1390 g/mol. The predicted octanol–water partition coefficient (Wildman–Crippen LogP) is -12.1. The van der Waals surface area contributed by atoms with E-state index < -0.39 is 256 Å². The number of aliphatic hydroxyl groups is 10. The molecule has 6 heterocycles. The molecule has 6 saturated heterocycles. The van der Waals surface area contributed by atoms with Gasteiger partial charge in [-0.1, -0.05) is 0 Å². The van der Waals surface area contributed by atoms with Crippen LogP contribution in [0.1, 0.15) is 86.5 Å². The molecule has 0 saturated carbocycles. The lowest BCUT2D eigenvalue weighted by atomic mass is 9.88. The second-order valence-corrected chi connectivity index (χ2v) is 24.7. The molecule has 0 spiro atoms. The van der Waals surface area contributed by atoms with Gasteiger partial charge in [0.25, 0.3) is 5.79 Å². The van der Waals surface area contributed by atoms with Crippen LogP contribution >= 0.6 is 0 Å². The quantitative estimate of drug-likeness (QED) is 0.0331. The number of carbonyl (C=O) groups excluding carboxylic acids is 11. The van der Waals surface area contributed by atoms with E-state index in [0.29, 0.717) is 19.3 Å². The van der Waals surface area contributed by atoms with E-state index in [1.54, 1.807) is 0 Å². The molecule has 24 atom stereocenters. The average Bonchev–Trinajstić information content (AvgIpc) is 1.49. The number of carboxylic acids is 1. The number of aliphatic hydroxyl groups excluding tert-OH is 10. The van der Waals surface area contributed by atoms with Crippen LogP contribution in [0.2, 0.25) is 0 Å². The van der Waals surface area contributed by atoms with Gasteiger partial charge in [0, 0.05) is 46.8 Å². The molecule has 6 aliphatic heterocycles. The van der Waals surface area contributed by atoms with Crippen molar-refractivity contribution in [1.29, 1.82) is 0 Å². The van der Waals surface area contributed by atoms with Crippen LogP contribution in [-0.2, 0) is 86.0 Å². The largest absolute Gasteiger partial charge is 0.477 e. The van der Waals surface area contributed by atoms with Gasteiger partial charge in [0.05, 0.1) is 51.2 Å². The zero-order valence-electron chi connectivity index (χ0n) is 54.1. The number of amides is 11. The van der Waals surface area contributed by atoms with E-state index in [0.717, 1.165) is 20.8 Å². The highest BCUT2D eigenvalue weighted by molar-refractivity contribution is 5.98. The van der Waals surface area contributed by atoms with E-state index >= 15 is 0 Å². The molecular formula is C57H91N11O29. The van der Waals surface area contributed by atoms with Gasteiger partial charge in [0.1, 0.15) is 109 Å². The van der Waals surface area contributed by atoms with Crippen molar-refractivity contribution >= 4 is 70.9 Å². The molecule has 0 aromatic carbocycles. The molecule has 0 bridgehead atoms. The number of rotatable bonds is 29. The Bertz CT molecular complexity index is 2850. The van der Waals surface area contributed by atoms with Gasteiger partial charge in [-0.3, -0.25) is 52.7 Å². The summed E-state index contributed by atoms with van der Waals surface area (Å²) in [5.74, 6) is -14.8. The summed E-state index contributed by atoms with van der Waals surface area (Å²) in [7, 11) is 0. The topological polar surface area (TPSA) is 603 Å². The summed E-state index contributed by atoms with van der Waals surface area (Å²) < 4.78 is 35.4. The van der Waals surface area contributed by atoms with Crippen LogP contribution in [0.3, 0.4) is 0 Å². The summed E-state index contributed by atoms with van der Waals surface area (Å²) in [6, 6.07) is -13.3. The van der Waals surface area contributed by atoms with E-state index in [2.05, 4.69) is 37.2 Å². The number of likely N-dealkylation sites (tertiary alicyclic amines) is 3. The van der Waals surface area contributed by atoms with E-state index in [4.69, 9.17) is 34.2 Å². The third-order valence-corrected chi connectivity index (χ3v) is 17.6. The maximum atomic E-state index is 14.8. The molecule has 0 radical (unpaired) electrons. The third-order valence-electron chi connectivity index (χ3n) is 17.6. The van der Waals surface area contributed by atoms with Crippen molar-refractivity contribution in [1.82, 2.24) is 51.9 Å². The van der Waals surface area contributed by atoms with Crippen molar-refractivity contribution in [3.8, 4) is 0 Å². The molecular weight excluding hydrogens is 1300 g/mol. The standard InChI is InChI=1S/C57H91N11O29/c1-22(47(58)83)60-50(86)30-11-8-14-67(30)53(89)31-12-9-15-68(31)52(88)23(2)61-51(87)37(65-48(84)28(18-69)64-36(78)17-59-49(85)29-10-7-13-66(29)27(6)75)24(3)92-54-39(63-26(5)74)44(41(80)34(20-71)93-54)95-55-43(82)46(42(81)35(21-72)94-55)97-57(56(90)91)16-32(76)38(62-25(4)73)45(96-57)40(79)33(77)19-70/h22-24,28-35,37-46,54-55,69-72,76-77,79-82H,7-21H2,1-6H3,(H2,58,83)(H,59,85)(H,60,86)(H,61,87)(H,62,73)(H,63,74)(H,64,78)(H,65,84)(H,90,91)/t22?,23?,24?,28?,29?,30?,31?,32-,33-,34?,35?,37?,38-,39?,40-,41+,42+,43?,44-,45?,46+,54+,55+,57+/m1/s1. The smallest absolute Gasteiger partial charge is 0.364 e. The van der Waals surface area contributed by atoms with Crippen molar-refractivity contribution in [2.45, 2.75) is 232 Å². The van der Waals surface area contributed by atoms with Crippen molar-refractivity contribution in [2.24, 2.45) is 5.73 Å². The van der Waals surface area contributed by atoms with Gasteiger partial charge in [-0.15, -0.1) is 0 Å². The van der Waals surface area contributed by atoms with Gasteiger partial charge < -0.3 is 142 Å². The first kappa shape index (κ1) is 79.0. The Labute approximate surface area is 554 Å². The van der Waals surface area contributed by atoms with E-state index in [1.807, 2.05) is 0 Å². The Hall–Kier alpha value is -7.00. The molecule has 6 rings (SSSR count). The number of hydrogen-bond donors (Lipinski definition) is 19. The summed E-state index contributed by atoms with van der Waals surface area (Å²) in [5.41, 5.74) is 5.33. The molecule has 40 heteroatoms. The second kappa shape index (κ2) is 34.7. The molecule has 0 aliphatic carbocycles. The number of nitrogens with zero attached hydrogens (tertiary/aromatic N) is 3. The van der Waals surface area contributed by atoms with Gasteiger partial charge in [-0.2, -0.15) is 0 Å². The monoisotopic (exact) mass is 1390 g/mol. The van der Waals surface area contributed by atoms with E-state index in [-0.39, 0.29) is 38.9 Å². The first-order valence-corrected chi connectivity index (χ1v) is 31.6. The maximum Gasteiger partial charge on any atom is 0.364 e. The van der Waals surface area contributed by atoms with E-state index in [1.165, 1.54) is 35.5 Å². The molecule has 97 heavy (non-hydrogen) atoms. The summed E-state index contributed by atoms with van der Waals surface area (Å²) in [4.78, 5) is 163. The highest BCUT2D eigenvalue weighted by atomic mass is 16.8. The normalized spacial score (nSPS) is 32.6. The number of ether oxygens (including phenoxy) is 6. The molecule has 0 aromatic heterocycles. The molecule has 0 aromatic rings. The van der Waals surface area contributed by atoms with E-state index in [9.17, 15) is 114 Å². The summed E-state index contributed by atoms with van der Waals surface area (Å²) in [5, 5.41) is 136. The van der Waals surface area contributed by atoms with Crippen LogP contribution in [0.5, 0.6) is 0 Å². The number of aliphatic carboxylic acids is 1. The minimum atomic E-state index is -3.25. The van der Waals surface area contributed by atoms with Crippen molar-refractivity contribution in [3.63, 3.8) is 0 Å². The third kappa shape index (κ3) is 18.9. The molecule has 13 unspecified atom stereocenters. The number of primary amides is 1. The fourth-order valence-electron chi connectivity index (χ4n) is 12.5. The summed E-state index contributed by atoms with van der Waals surface area (Å²) in [6.45, 7) is 1.90. The maximum absolute atomic E-state index is 14.8. The van der Waals surface area contributed by atoms with Crippen molar-refractivity contribution in [3.05, 3.63) is 0 Å². The molecule has 6 fully saturated rings. The number of carbonyl (C=O) groups is 12. The first-order valence-electron chi connectivity index (χ1n) is 31.6. The lowest BCUT2D eigenvalue weighted by Crippen LogP contribution is -2.71. The molecule has 11 amide bonds. The number of hydrogen-bond acceptors (Lipinski definition) is 28. The highest BCUT2D eigenvalue weighted by Gasteiger charge is 2.61. The second-order valence-electron chi connectivity index (χ2n) is 24.7. The number of nitrogens with two attached hydrogens (primary N) is 1. The van der Waals surface area contributed by atoms with Crippen LogP contribution < -0.4 is 43.0 Å². The molecule has 6 aliphatic rings. The fourth-order valence-corrected chi connectivity index (χ4v) is 12.5. The number of nitrogens with one attached hydrogen (secondary N) is 7. The minimum Gasteiger partial charge on any atom is -0.477 e. The zero-order chi connectivity index (χ0) is 72.2. The SMILES string of the molecule is CC(=O)NC1[C@@H](OC(C)C(NC(=O)C(CO)NC(=O)CNC(=O)C2CCCN2C(C)=O)C(=O)NC(C)C(=O)N2CCCC2C(=O)N2CCCC2C(=O)NC(C)C(N)=O)OC(CO)[C@H](O)[C@@H]1O[C@@H]1OC(CO)[C@H](O)[C@H](O[C@]2(C(=O)O)C[C@@H](O)[C@@H](NC(C)=O)C([C@H](O)[C@H](O)CO)O2)C1O. The van der Waals surface area contributed by atoms with Gasteiger partial charge in [-0.25, -0.2) is 4.79 Å². The van der Waals surface area contributed by atoms with Crippen molar-refractivity contribution in [2.75, 3.05) is 52.6 Å². The Kier molecular flexibility index (Phi) is 28.2. The van der Waals surface area contributed by atoms with Gasteiger partial charge in [0.15, 0.2) is 12.6 Å². The fraction of sp³-hybridized carbons (Fsp3) is 0.789. The molecule has 548 valence electrons. The van der Waals surface area contributed by atoms with Gasteiger partial charge in [-0.05, 0) is 59.3 Å². The Morgan fingerprint density at radius 1 is 0.639 bits per heavy atom. The summed E-state index contributed by atoms with van der Waals surface area (Å²) in [6.07, 6.45) is -29.2. The minimum absolute atomic E-state index is 0.0124. The van der Waals surface area contributed by atoms with Crippen LogP contribution in [0, 0.1) is 0 Å². The van der Waals surface area contributed by atoms with Gasteiger partial charge in [0.2, 0.25) is 65.0 Å². The lowest BCUT2D eigenvalue weighted by Gasteiger charge is -2.51. The summed E-state index contributed by atoms with van der Waals surface area (Å²) >= 11 is 0.